The van der Waals surface area contributed by atoms with Gasteiger partial charge in [0.2, 0.25) is 0 Å². The van der Waals surface area contributed by atoms with E-state index in [1.165, 1.54) is 0 Å². The Morgan fingerprint density at radius 2 is 2.40 bits per heavy atom. The molecule has 0 aromatic rings. The van der Waals surface area contributed by atoms with Crippen molar-refractivity contribution in [1.82, 2.24) is 10.6 Å². The number of halogens is 1. The van der Waals surface area contributed by atoms with Crippen LogP contribution in [0.15, 0.2) is 0 Å². The van der Waals surface area contributed by atoms with Crippen LogP contribution < -0.4 is 10.6 Å². The normalized spacial score (nSPS) is 26.3. The van der Waals surface area contributed by atoms with E-state index in [0.717, 1.165) is 13.1 Å². The standard InChI is InChI=1S/C6H11ClN2O/c7-3-6(10)5-4-8-1-2-9-5/h5,8-9H,1-4H2. The second-order valence-electron chi connectivity index (χ2n) is 2.31. The monoisotopic (exact) mass is 162 g/mol. The van der Waals surface area contributed by atoms with Crippen LogP contribution in [-0.2, 0) is 4.79 Å². The van der Waals surface area contributed by atoms with E-state index in [0.29, 0.717) is 6.54 Å². The summed E-state index contributed by atoms with van der Waals surface area (Å²) in [6, 6.07) is -0.0637. The van der Waals surface area contributed by atoms with Gasteiger partial charge in [0.15, 0.2) is 5.78 Å². The van der Waals surface area contributed by atoms with E-state index in [1.54, 1.807) is 0 Å². The molecule has 10 heavy (non-hydrogen) atoms. The zero-order valence-corrected chi connectivity index (χ0v) is 6.45. The fraction of sp³-hybridized carbons (Fsp3) is 0.833. The van der Waals surface area contributed by atoms with Crippen molar-refractivity contribution in [2.45, 2.75) is 6.04 Å². The van der Waals surface area contributed by atoms with Crippen LogP contribution in [-0.4, -0.2) is 37.3 Å². The summed E-state index contributed by atoms with van der Waals surface area (Å²) in [7, 11) is 0. The van der Waals surface area contributed by atoms with Crippen molar-refractivity contribution in [3.05, 3.63) is 0 Å². The molecule has 58 valence electrons. The van der Waals surface area contributed by atoms with E-state index in [-0.39, 0.29) is 17.7 Å². The van der Waals surface area contributed by atoms with E-state index < -0.39 is 0 Å². The van der Waals surface area contributed by atoms with Gasteiger partial charge in [-0.2, -0.15) is 0 Å². The van der Waals surface area contributed by atoms with E-state index >= 15 is 0 Å². The molecule has 1 aliphatic rings. The molecule has 1 saturated heterocycles. The van der Waals surface area contributed by atoms with E-state index in [4.69, 9.17) is 11.6 Å². The molecule has 1 fully saturated rings. The number of piperazine rings is 1. The van der Waals surface area contributed by atoms with Crippen LogP contribution >= 0.6 is 11.6 Å². The molecular weight excluding hydrogens is 152 g/mol. The molecule has 1 atom stereocenters. The molecule has 1 rings (SSSR count). The number of carbonyl (C=O) groups excluding carboxylic acids is 1. The summed E-state index contributed by atoms with van der Waals surface area (Å²) in [5.74, 6) is 0.188. The lowest BCUT2D eigenvalue weighted by atomic mass is 10.2. The van der Waals surface area contributed by atoms with E-state index in [2.05, 4.69) is 10.6 Å². The van der Waals surface area contributed by atoms with Gasteiger partial charge in [0.25, 0.3) is 0 Å². The maximum absolute atomic E-state index is 10.9. The Hall–Kier alpha value is -0.120. The summed E-state index contributed by atoms with van der Waals surface area (Å²) < 4.78 is 0. The van der Waals surface area contributed by atoms with Gasteiger partial charge in [-0.3, -0.25) is 4.79 Å². The summed E-state index contributed by atoms with van der Waals surface area (Å²) in [4.78, 5) is 10.9. The highest BCUT2D eigenvalue weighted by Gasteiger charge is 2.18. The van der Waals surface area contributed by atoms with Crippen molar-refractivity contribution in [3.8, 4) is 0 Å². The molecule has 0 bridgehead atoms. The number of carbonyl (C=O) groups is 1. The molecule has 0 spiro atoms. The zero-order chi connectivity index (χ0) is 7.40. The predicted molar refractivity (Wildman–Crippen MR) is 40.4 cm³/mol. The van der Waals surface area contributed by atoms with Crippen molar-refractivity contribution >= 4 is 17.4 Å². The molecule has 0 saturated carbocycles. The quantitative estimate of drug-likeness (QED) is 0.531. The second-order valence-corrected chi connectivity index (χ2v) is 2.58. The molecule has 2 N–H and O–H groups in total. The number of hydrogen-bond donors (Lipinski definition) is 2. The molecular formula is C6H11ClN2O. The SMILES string of the molecule is O=C(CCl)C1CNCCN1. The fourth-order valence-corrected chi connectivity index (χ4v) is 1.16. The Balaban J connectivity index is 2.31. The Labute approximate surface area is 65.1 Å². The van der Waals surface area contributed by atoms with Crippen molar-refractivity contribution < 1.29 is 4.79 Å². The maximum atomic E-state index is 10.9. The first-order valence-corrected chi connectivity index (χ1v) is 3.91. The fourth-order valence-electron chi connectivity index (χ4n) is 0.974. The predicted octanol–water partition coefficient (Wildman–Crippen LogP) is -0.644. The van der Waals surface area contributed by atoms with Gasteiger partial charge in [0, 0.05) is 19.6 Å². The van der Waals surface area contributed by atoms with Crippen LogP contribution in [0.25, 0.3) is 0 Å². The highest BCUT2D eigenvalue weighted by Crippen LogP contribution is 1.91. The highest BCUT2D eigenvalue weighted by molar-refractivity contribution is 6.28. The number of Topliss-reactive ketones (excluding diaryl/α,β-unsaturated/α-hetero) is 1. The molecule has 1 heterocycles. The lowest BCUT2D eigenvalue weighted by Crippen LogP contribution is -2.52. The highest BCUT2D eigenvalue weighted by atomic mass is 35.5. The minimum atomic E-state index is -0.0637. The topological polar surface area (TPSA) is 41.1 Å². The molecule has 0 radical (unpaired) electrons. The van der Waals surface area contributed by atoms with Crippen molar-refractivity contribution in [1.29, 1.82) is 0 Å². The lowest BCUT2D eigenvalue weighted by molar-refractivity contribution is -0.118. The molecule has 1 aliphatic heterocycles. The lowest BCUT2D eigenvalue weighted by Gasteiger charge is -2.22. The molecule has 0 amide bonds. The van der Waals surface area contributed by atoms with Crippen molar-refractivity contribution in [3.63, 3.8) is 0 Å². The largest absolute Gasteiger partial charge is 0.313 e. The van der Waals surface area contributed by atoms with Gasteiger partial charge < -0.3 is 10.6 Å². The summed E-state index contributed by atoms with van der Waals surface area (Å²) >= 11 is 5.37. The molecule has 3 nitrogen and oxygen atoms in total. The first-order chi connectivity index (χ1) is 4.84. The molecule has 0 aliphatic carbocycles. The smallest absolute Gasteiger partial charge is 0.165 e. The third kappa shape index (κ3) is 1.94. The molecule has 0 aromatic heterocycles. The van der Waals surface area contributed by atoms with Crippen LogP contribution in [0.4, 0.5) is 0 Å². The van der Waals surface area contributed by atoms with Crippen molar-refractivity contribution in [2.75, 3.05) is 25.5 Å². The Morgan fingerprint density at radius 3 is 2.90 bits per heavy atom. The molecule has 1 unspecified atom stereocenters. The number of ketones is 1. The molecule has 4 heteroatoms. The Morgan fingerprint density at radius 1 is 1.60 bits per heavy atom. The number of rotatable bonds is 2. The van der Waals surface area contributed by atoms with E-state index in [1.807, 2.05) is 0 Å². The summed E-state index contributed by atoms with van der Waals surface area (Å²) in [5.41, 5.74) is 0. The van der Waals surface area contributed by atoms with Gasteiger partial charge in [-0.1, -0.05) is 0 Å². The minimum absolute atomic E-state index is 0.0637. The number of alkyl halides is 1. The van der Waals surface area contributed by atoms with Crippen molar-refractivity contribution in [2.24, 2.45) is 0 Å². The van der Waals surface area contributed by atoms with Crippen LogP contribution in [0, 0.1) is 0 Å². The first-order valence-electron chi connectivity index (χ1n) is 3.37. The summed E-state index contributed by atoms with van der Waals surface area (Å²) in [6.45, 7) is 2.50. The average Bonchev–Trinajstić information content (AvgIpc) is 2.05. The Kier molecular flexibility index (Phi) is 3.12. The zero-order valence-electron chi connectivity index (χ0n) is 5.69. The molecule has 0 aromatic carbocycles. The minimum Gasteiger partial charge on any atom is -0.313 e. The third-order valence-corrected chi connectivity index (χ3v) is 1.82. The maximum Gasteiger partial charge on any atom is 0.165 e. The van der Waals surface area contributed by atoms with Crippen LogP contribution in [0.5, 0.6) is 0 Å². The van der Waals surface area contributed by atoms with Gasteiger partial charge in [-0.05, 0) is 0 Å². The van der Waals surface area contributed by atoms with Gasteiger partial charge >= 0.3 is 0 Å². The van der Waals surface area contributed by atoms with Gasteiger partial charge in [-0.25, -0.2) is 0 Å². The van der Waals surface area contributed by atoms with E-state index in [9.17, 15) is 4.79 Å². The summed E-state index contributed by atoms with van der Waals surface area (Å²) in [5, 5.41) is 6.18. The van der Waals surface area contributed by atoms with Crippen LogP contribution in [0.2, 0.25) is 0 Å². The third-order valence-electron chi connectivity index (χ3n) is 1.56. The summed E-state index contributed by atoms with van der Waals surface area (Å²) in [6.07, 6.45) is 0. The Bertz CT molecular complexity index is 123. The van der Waals surface area contributed by atoms with Gasteiger partial charge in [0.1, 0.15) is 0 Å². The average molecular weight is 163 g/mol. The number of nitrogens with one attached hydrogen (secondary N) is 2. The first kappa shape index (κ1) is 7.98. The van der Waals surface area contributed by atoms with Gasteiger partial charge in [0.05, 0.1) is 11.9 Å². The number of hydrogen-bond acceptors (Lipinski definition) is 3. The van der Waals surface area contributed by atoms with Crippen LogP contribution in [0.1, 0.15) is 0 Å². The van der Waals surface area contributed by atoms with Gasteiger partial charge in [-0.15, -0.1) is 11.6 Å². The van der Waals surface area contributed by atoms with Crippen LogP contribution in [0.3, 0.4) is 0 Å². The second kappa shape index (κ2) is 3.91.